The number of carbonyl (C=O) groups excluding carboxylic acids is 1. The van der Waals surface area contributed by atoms with Gasteiger partial charge in [-0.15, -0.1) is 12.4 Å². The number of nitrogens with zero attached hydrogens (tertiary/aromatic N) is 4. The minimum absolute atomic E-state index is 0. The zero-order valence-electron chi connectivity index (χ0n) is 21.9. The minimum atomic E-state index is -3.71. The Morgan fingerprint density at radius 2 is 1.71 bits per heavy atom. The summed E-state index contributed by atoms with van der Waals surface area (Å²) < 4.78 is 55.8. The molecule has 0 unspecified atom stereocenters. The van der Waals surface area contributed by atoms with Crippen LogP contribution in [-0.4, -0.2) is 70.0 Å². The molecule has 0 bridgehead atoms. The Morgan fingerprint density at radius 3 is 2.46 bits per heavy atom. The van der Waals surface area contributed by atoms with Crippen molar-refractivity contribution in [2.75, 3.05) is 55.0 Å². The number of rotatable bonds is 7. The second kappa shape index (κ2) is 11.9. The first kappa shape index (κ1) is 29.2. The third kappa shape index (κ3) is 5.87. The number of anilines is 2. The van der Waals surface area contributed by atoms with E-state index in [0.717, 1.165) is 24.7 Å². The van der Waals surface area contributed by atoms with E-state index in [-0.39, 0.29) is 28.7 Å². The first-order chi connectivity index (χ1) is 19.3. The van der Waals surface area contributed by atoms with Crippen molar-refractivity contribution >= 4 is 60.7 Å². The molecule has 0 atom stereocenters. The molecule has 1 fully saturated rings. The second-order valence-corrected chi connectivity index (χ2v) is 12.7. The molecule has 1 N–H and O–H groups in total. The third-order valence-electron chi connectivity index (χ3n) is 7.31. The van der Waals surface area contributed by atoms with Gasteiger partial charge in [0.25, 0.3) is 15.9 Å². The van der Waals surface area contributed by atoms with Crippen LogP contribution in [0.5, 0.6) is 0 Å². The maximum Gasteiger partial charge on any atom is 0.264 e. The average Bonchev–Trinajstić information content (AvgIpc) is 3.59. The summed E-state index contributed by atoms with van der Waals surface area (Å²) in [7, 11) is -3.71. The zero-order valence-corrected chi connectivity index (χ0v) is 24.4. The summed E-state index contributed by atoms with van der Waals surface area (Å²) in [6.45, 7) is 4.36. The molecular formula is C28H28ClF2N5O3S2. The van der Waals surface area contributed by atoms with Gasteiger partial charge in [0, 0.05) is 57.4 Å². The Labute approximate surface area is 247 Å². The van der Waals surface area contributed by atoms with Crippen LogP contribution in [0.15, 0.2) is 65.6 Å². The molecule has 2 aliphatic rings. The highest BCUT2D eigenvalue weighted by Crippen LogP contribution is 2.33. The van der Waals surface area contributed by atoms with E-state index in [9.17, 15) is 22.0 Å². The number of nitrogens with one attached hydrogen (secondary N) is 1. The number of fused-ring (bicyclic) bond motifs is 2. The van der Waals surface area contributed by atoms with Gasteiger partial charge in [0.2, 0.25) is 0 Å². The smallest absolute Gasteiger partial charge is 0.264 e. The molecule has 41 heavy (non-hydrogen) atoms. The van der Waals surface area contributed by atoms with Crippen molar-refractivity contribution in [2.24, 2.45) is 0 Å². The van der Waals surface area contributed by atoms with Gasteiger partial charge >= 0.3 is 0 Å². The van der Waals surface area contributed by atoms with E-state index in [4.69, 9.17) is 0 Å². The van der Waals surface area contributed by atoms with Crippen molar-refractivity contribution in [3.05, 3.63) is 83.4 Å². The van der Waals surface area contributed by atoms with Crippen molar-refractivity contribution in [1.29, 1.82) is 0 Å². The number of piperazine rings is 1. The highest BCUT2D eigenvalue weighted by Gasteiger charge is 2.30. The van der Waals surface area contributed by atoms with E-state index in [2.05, 4.69) is 20.1 Å². The first-order valence-corrected chi connectivity index (χ1v) is 15.3. The van der Waals surface area contributed by atoms with Crippen LogP contribution in [0.2, 0.25) is 0 Å². The Hall–Kier alpha value is -3.32. The summed E-state index contributed by atoms with van der Waals surface area (Å²) in [5, 5.41) is 3.58. The molecular weight excluding hydrogens is 592 g/mol. The van der Waals surface area contributed by atoms with Gasteiger partial charge < -0.3 is 10.2 Å². The summed E-state index contributed by atoms with van der Waals surface area (Å²) in [6.07, 6.45) is 0.675. The lowest BCUT2D eigenvalue weighted by molar-refractivity contribution is 0.0947. The predicted octanol–water partition coefficient (Wildman–Crippen LogP) is 4.30. The normalized spacial score (nSPS) is 15.6. The molecule has 13 heteroatoms. The number of aromatic nitrogens is 1. The molecule has 3 heterocycles. The minimum Gasteiger partial charge on any atom is -0.351 e. The number of thiazole rings is 1. The molecule has 1 saturated heterocycles. The summed E-state index contributed by atoms with van der Waals surface area (Å²) in [5.74, 6) is -1.53. The Morgan fingerprint density at radius 1 is 0.976 bits per heavy atom. The van der Waals surface area contributed by atoms with Crippen LogP contribution in [0.25, 0.3) is 10.2 Å². The van der Waals surface area contributed by atoms with Crippen LogP contribution in [0.4, 0.5) is 19.6 Å². The van der Waals surface area contributed by atoms with Gasteiger partial charge in [-0.25, -0.2) is 22.2 Å². The summed E-state index contributed by atoms with van der Waals surface area (Å²) in [5.41, 5.74) is 2.30. The largest absolute Gasteiger partial charge is 0.351 e. The SMILES string of the molecule is Cl.O=C(NCCN1CCN(c2nc3c(F)cc(F)cc3s2)CC1)c1ccc(S(=O)(=O)N2CCc3ccccc32)cc1. The number of carbonyl (C=O) groups is 1. The second-order valence-electron chi connectivity index (χ2n) is 9.80. The van der Waals surface area contributed by atoms with Crippen LogP contribution in [0.1, 0.15) is 15.9 Å². The summed E-state index contributed by atoms with van der Waals surface area (Å²) in [4.78, 5) is 21.5. The van der Waals surface area contributed by atoms with Crippen molar-refractivity contribution in [2.45, 2.75) is 11.3 Å². The van der Waals surface area contributed by atoms with Gasteiger partial charge in [-0.1, -0.05) is 29.5 Å². The molecule has 2 aliphatic heterocycles. The molecule has 1 aromatic heterocycles. The molecule has 0 spiro atoms. The molecule has 1 amide bonds. The number of benzene rings is 3. The monoisotopic (exact) mass is 619 g/mol. The van der Waals surface area contributed by atoms with Crippen LogP contribution >= 0.6 is 23.7 Å². The standard InChI is InChI=1S/C28H27F2N5O3S2.ClH/c29-21-17-23(30)26-25(18-21)39-28(32-26)34-15-13-33(14-16-34)12-10-31-27(36)20-5-7-22(8-6-20)40(37,38)35-11-9-19-3-1-2-4-24(19)35;/h1-8,17-18H,9-16H2,(H,31,36);1H. The van der Waals surface area contributed by atoms with Crippen molar-refractivity contribution in [3.8, 4) is 0 Å². The number of sulfonamides is 1. The van der Waals surface area contributed by atoms with Gasteiger partial charge in [0.1, 0.15) is 11.3 Å². The van der Waals surface area contributed by atoms with Crippen LogP contribution in [-0.2, 0) is 16.4 Å². The zero-order chi connectivity index (χ0) is 27.9. The van der Waals surface area contributed by atoms with Gasteiger partial charge in [0.15, 0.2) is 10.9 Å². The summed E-state index contributed by atoms with van der Waals surface area (Å²) >= 11 is 1.28. The maximum absolute atomic E-state index is 14.0. The number of halogens is 3. The summed E-state index contributed by atoms with van der Waals surface area (Å²) in [6, 6.07) is 15.7. The Balaban J connectivity index is 0.00000337. The quantitative estimate of drug-likeness (QED) is 0.332. The molecule has 4 aromatic rings. The van der Waals surface area contributed by atoms with E-state index in [1.165, 1.54) is 46.0 Å². The van der Waals surface area contributed by atoms with Crippen LogP contribution in [0, 0.1) is 11.6 Å². The lowest BCUT2D eigenvalue weighted by Crippen LogP contribution is -2.48. The third-order valence-corrected chi connectivity index (χ3v) is 10.2. The highest BCUT2D eigenvalue weighted by atomic mass is 35.5. The van der Waals surface area contributed by atoms with Crippen molar-refractivity contribution < 1.29 is 22.0 Å². The van der Waals surface area contributed by atoms with Crippen molar-refractivity contribution in [1.82, 2.24) is 15.2 Å². The average molecular weight is 620 g/mol. The van der Waals surface area contributed by atoms with E-state index in [1.54, 1.807) is 0 Å². The fraction of sp³-hybridized carbons (Fsp3) is 0.286. The van der Waals surface area contributed by atoms with Gasteiger partial charge in [-0.05, 0) is 48.4 Å². The molecule has 8 nitrogen and oxygen atoms in total. The van der Waals surface area contributed by atoms with E-state index in [0.29, 0.717) is 60.2 Å². The molecule has 0 aliphatic carbocycles. The van der Waals surface area contributed by atoms with E-state index < -0.39 is 21.7 Å². The van der Waals surface area contributed by atoms with Gasteiger partial charge in [0.05, 0.1) is 15.3 Å². The first-order valence-electron chi connectivity index (χ1n) is 13.0. The van der Waals surface area contributed by atoms with Gasteiger partial charge in [-0.2, -0.15) is 0 Å². The Kier molecular flexibility index (Phi) is 8.46. The fourth-order valence-electron chi connectivity index (χ4n) is 5.14. The fourth-order valence-corrected chi connectivity index (χ4v) is 7.70. The molecule has 6 rings (SSSR count). The molecule has 3 aromatic carbocycles. The Bertz CT molecular complexity index is 1680. The van der Waals surface area contributed by atoms with E-state index >= 15 is 0 Å². The number of hydrogen-bond acceptors (Lipinski definition) is 7. The van der Waals surface area contributed by atoms with Crippen LogP contribution < -0.4 is 14.5 Å². The number of amides is 1. The van der Waals surface area contributed by atoms with Crippen molar-refractivity contribution in [3.63, 3.8) is 0 Å². The lowest BCUT2D eigenvalue weighted by Gasteiger charge is -2.34. The highest BCUT2D eigenvalue weighted by molar-refractivity contribution is 7.92. The molecule has 0 radical (unpaired) electrons. The van der Waals surface area contributed by atoms with Crippen LogP contribution in [0.3, 0.4) is 0 Å². The topological polar surface area (TPSA) is 85.9 Å². The lowest BCUT2D eigenvalue weighted by atomic mass is 10.2. The number of para-hydroxylation sites is 1. The predicted molar refractivity (Wildman–Crippen MR) is 159 cm³/mol. The molecule has 216 valence electrons. The maximum atomic E-state index is 14.0. The van der Waals surface area contributed by atoms with E-state index in [1.807, 2.05) is 24.3 Å². The number of hydrogen-bond donors (Lipinski definition) is 1. The molecule has 0 saturated carbocycles. The van der Waals surface area contributed by atoms with Gasteiger partial charge in [-0.3, -0.25) is 14.0 Å².